The summed E-state index contributed by atoms with van der Waals surface area (Å²) in [5, 5.41) is 0. The molecular weight excluding hydrogens is 1020 g/mol. The zero-order valence-electron chi connectivity index (χ0n) is 53.7. The van der Waals surface area contributed by atoms with Crippen molar-refractivity contribution in [2.24, 2.45) is 0 Å². The summed E-state index contributed by atoms with van der Waals surface area (Å²) in [4.78, 5) is 38.4. The third-order valence-corrected chi connectivity index (χ3v) is 14.0. The van der Waals surface area contributed by atoms with Gasteiger partial charge >= 0.3 is 17.9 Å². The molecule has 1 atom stereocenters. The number of allylic oxidation sites excluding steroid dienone is 26. The Labute approximate surface area is 511 Å². The molecule has 0 saturated carbocycles. The van der Waals surface area contributed by atoms with Crippen molar-refractivity contribution in [3.8, 4) is 0 Å². The van der Waals surface area contributed by atoms with E-state index in [1.165, 1.54) is 116 Å². The normalized spacial score (nSPS) is 13.1. The van der Waals surface area contributed by atoms with Crippen LogP contribution in [0.4, 0.5) is 0 Å². The van der Waals surface area contributed by atoms with Gasteiger partial charge in [0.05, 0.1) is 0 Å². The Morgan fingerprint density at radius 2 is 0.482 bits per heavy atom. The van der Waals surface area contributed by atoms with Gasteiger partial charge in [-0.3, -0.25) is 14.4 Å². The molecule has 0 bridgehead atoms. The van der Waals surface area contributed by atoms with Gasteiger partial charge in [0.2, 0.25) is 0 Å². The van der Waals surface area contributed by atoms with Crippen LogP contribution in [-0.4, -0.2) is 37.2 Å². The Morgan fingerprint density at radius 3 is 0.783 bits per heavy atom. The molecule has 0 radical (unpaired) electrons. The Kier molecular flexibility index (Phi) is 65.4. The number of carbonyl (C=O) groups excluding carboxylic acids is 3. The van der Waals surface area contributed by atoms with Crippen LogP contribution in [0, 0.1) is 0 Å². The van der Waals surface area contributed by atoms with Crippen molar-refractivity contribution in [3.05, 3.63) is 158 Å². The lowest BCUT2D eigenvalue weighted by Gasteiger charge is -2.18. The first-order valence-electron chi connectivity index (χ1n) is 34.0. The van der Waals surface area contributed by atoms with E-state index in [4.69, 9.17) is 14.2 Å². The van der Waals surface area contributed by atoms with Crippen LogP contribution in [0.3, 0.4) is 0 Å². The highest BCUT2D eigenvalue weighted by Crippen LogP contribution is 2.16. The molecule has 468 valence electrons. The summed E-state index contributed by atoms with van der Waals surface area (Å²) >= 11 is 0. The zero-order chi connectivity index (χ0) is 59.9. The first kappa shape index (κ1) is 78.0. The molecule has 0 aliphatic carbocycles. The van der Waals surface area contributed by atoms with Gasteiger partial charge in [-0.15, -0.1) is 0 Å². The first-order valence-corrected chi connectivity index (χ1v) is 34.0. The van der Waals surface area contributed by atoms with E-state index in [0.29, 0.717) is 19.3 Å². The number of carbonyl (C=O) groups is 3. The Hall–Kier alpha value is -4.97. The SMILES string of the molecule is CC/C=C\C/C=C\C/C=C\C/C=C\C/C=C\C/C=C\C/C=C\C/C=C\CCCCC(=O)OCC(COC(=O)CCC/C=C\C/C=C\C/C=C\C/C=C\C/C=C\CC)OC(=O)CCCCCCCCCCCCCCCCCCCCCCC. The molecule has 0 heterocycles. The van der Waals surface area contributed by atoms with Gasteiger partial charge in [-0.25, -0.2) is 0 Å². The van der Waals surface area contributed by atoms with Crippen molar-refractivity contribution in [2.45, 2.75) is 297 Å². The minimum Gasteiger partial charge on any atom is -0.462 e. The van der Waals surface area contributed by atoms with Crippen LogP contribution in [0.2, 0.25) is 0 Å². The standard InChI is InChI=1S/C77H124O6/c1-4-7-10-13-16-19-22-25-28-31-33-35-36-37-38-39-40-42-43-46-49-52-55-58-61-64-67-70-76(79)82-73-74(72-81-75(78)69-66-63-60-57-54-51-48-45-30-27-24-21-18-15-12-9-6-3)83-77(80)71-68-65-62-59-56-53-50-47-44-41-34-32-29-26-23-20-17-14-11-8-5-2/h7,9-10,12,16,18-19,21,25,27-28,30,33,35,37-38,40,42,46,48-49,51,55,57-58,60,74H,4-6,8,11,13-15,17,20,22-24,26,29,31-32,34,36,39,41,43-45,47,50,52-54,56,59,61-73H2,1-3H3/b10-7-,12-9-,19-16-,21-18-,28-25-,30-27-,35-33-,38-37-,42-40-,49-46-,51-48-,58-55-,60-57-. The summed E-state index contributed by atoms with van der Waals surface area (Å²) in [6.45, 7) is 6.35. The van der Waals surface area contributed by atoms with E-state index < -0.39 is 6.10 Å². The smallest absolute Gasteiger partial charge is 0.306 e. The molecule has 0 aliphatic rings. The molecule has 0 saturated heterocycles. The fourth-order valence-corrected chi connectivity index (χ4v) is 9.02. The second-order valence-corrected chi connectivity index (χ2v) is 22.0. The van der Waals surface area contributed by atoms with Gasteiger partial charge in [0.1, 0.15) is 13.2 Å². The van der Waals surface area contributed by atoms with Gasteiger partial charge < -0.3 is 14.2 Å². The lowest BCUT2D eigenvalue weighted by molar-refractivity contribution is -0.167. The van der Waals surface area contributed by atoms with E-state index in [2.05, 4.69) is 179 Å². The maximum absolute atomic E-state index is 12.9. The highest BCUT2D eigenvalue weighted by molar-refractivity contribution is 5.71. The average Bonchev–Trinajstić information content (AvgIpc) is 3.49. The Bertz CT molecular complexity index is 1840. The minimum atomic E-state index is -0.827. The van der Waals surface area contributed by atoms with Gasteiger partial charge in [0, 0.05) is 19.3 Å². The van der Waals surface area contributed by atoms with Gasteiger partial charge in [-0.1, -0.05) is 307 Å². The predicted molar refractivity (Wildman–Crippen MR) is 362 cm³/mol. The number of hydrogen-bond acceptors (Lipinski definition) is 6. The van der Waals surface area contributed by atoms with Gasteiger partial charge in [-0.2, -0.15) is 0 Å². The fourth-order valence-electron chi connectivity index (χ4n) is 9.02. The van der Waals surface area contributed by atoms with Crippen LogP contribution in [-0.2, 0) is 28.6 Å². The second-order valence-electron chi connectivity index (χ2n) is 22.0. The molecule has 0 aromatic heterocycles. The van der Waals surface area contributed by atoms with Crippen LogP contribution < -0.4 is 0 Å². The minimum absolute atomic E-state index is 0.123. The summed E-state index contributed by atoms with van der Waals surface area (Å²) in [6.07, 6.45) is 101. The molecular formula is C77H124O6. The summed E-state index contributed by atoms with van der Waals surface area (Å²) < 4.78 is 16.9. The molecule has 0 fully saturated rings. The summed E-state index contributed by atoms with van der Waals surface area (Å²) in [5.74, 6) is -1.02. The van der Waals surface area contributed by atoms with E-state index in [1.54, 1.807) is 0 Å². The maximum atomic E-state index is 12.9. The van der Waals surface area contributed by atoms with Gasteiger partial charge in [-0.05, 0) is 122 Å². The summed E-state index contributed by atoms with van der Waals surface area (Å²) in [7, 11) is 0. The van der Waals surface area contributed by atoms with Crippen LogP contribution in [0.5, 0.6) is 0 Å². The lowest BCUT2D eigenvalue weighted by atomic mass is 10.0. The first-order chi connectivity index (χ1) is 41.0. The molecule has 0 amide bonds. The second kappa shape index (κ2) is 69.5. The third kappa shape index (κ3) is 67.7. The molecule has 1 unspecified atom stereocenters. The van der Waals surface area contributed by atoms with Crippen molar-refractivity contribution in [1.82, 2.24) is 0 Å². The lowest BCUT2D eigenvalue weighted by Crippen LogP contribution is -2.30. The summed E-state index contributed by atoms with van der Waals surface area (Å²) in [6, 6.07) is 0. The van der Waals surface area contributed by atoms with Crippen molar-refractivity contribution in [1.29, 1.82) is 0 Å². The topological polar surface area (TPSA) is 78.9 Å². The molecule has 0 aromatic carbocycles. The number of rotatable bonds is 60. The van der Waals surface area contributed by atoms with Crippen LogP contribution in [0.25, 0.3) is 0 Å². The highest BCUT2D eigenvalue weighted by atomic mass is 16.6. The predicted octanol–water partition coefficient (Wildman–Crippen LogP) is 23.7. The number of unbranched alkanes of at least 4 members (excludes halogenated alkanes) is 23. The van der Waals surface area contributed by atoms with Crippen molar-refractivity contribution >= 4 is 17.9 Å². The van der Waals surface area contributed by atoms with E-state index in [9.17, 15) is 14.4 Å². The molecule has 0 aromatic rings. The number of esters is 3. The van der Waals surface area contributed by atoms with Crippen LogP contribution >= 0.6 is 0 Å². The number of ether oxygens (including phenoxy) is 3. The van der Waals surface area contributed by atoms with Crippen molar-refractivity contribution in [2.75, 3.05) is 13.2 Å². The summed E-state index contributed by atoms with van der Waals surface area (Å²) in [5.41, 5.74) is 0. The molecule has 83 heavy (non-hydrogen) atoms. The molecule has 0 rings (SSSR count). The molecule has 0 N–H and O–H groups in total. The molecule has 0 aliphatic heterocycles. The van der Waals surface area contributed by atoms with E-state index in [-0.39, 0.29) is 44.0 Å². The van der Waals surface area contributed by atoms with Gasteiger partial charge in [0.25, 0.3) is 0 Å². The molecule has 6 heteroatoms. The van der Waals surface area contributed by atoms with E-state index in [1.807, 2.05) is 0 Å². The van der Waals surface area contributed by atoms with Gasteiger partial charge in [0.15, 0.2) is 6.10 Å². The van der Waals surface area contributed by atoms with E-state index in [0.717, 1.165) is 122 Å². The monoisotopic (exact) mass is 1140 g/mol. The Balaban J connectivity index is 4.52. The zero-order valence-corrected chi connectivity index (χ0v) is 53.7. The quantitative estimate of drug-likeness (QED) is 0.0261. The average molecular weight is 1150 g/mol. The number of hydrogen-bond donors (Lipinski definition) is 0. The maximum Gasteiger partial charge on any atom is 0.306 e. The highest BCUT2D eigenvalue weighted by Gasteiger charge is 2.19. The van der Waals surface area contributed by atoms with Crippen molar-refractivity contribution < 1.29 is 28.6 Å². The van der Waals surface area contributed by atoms with Crippen LogP contribution in [0.1, 0.15) is 290 Å². The molecule has 0 spiro atoms. The Morgan fingerprint density at radius 1 is 0.253 bits per heavy atom. The molecule has 6 nitrogen and oxygen atoms in total. The van der Waals surface area contributed by atoms with E-state index >= 15 is 0 Å². The van der Waals surface area contributed by atoms with Crippen molar-refractivity contribution in [3.63, 3.8) is 0 Å². The fraction of sp³-hybridized carbons (Fsp3) is 0.623. The van der Waals surface area contributed by atoms with Crippen LogP contribution in [0.15, 0.2) is 158 Å². The third-order valence-electron chi connectivity index (χ3n) is 14.0. The largest absolute Gasteiger partial charge is 0.462 e.